The molecular weight excluding hydrogens is 239 g/mol. The Morgan fingerprint density at radius 2 is 1.94 bits per heavy atom. The fourth-order valence-corrected chi connectivity index (χ4v) is 1.28. The van der Waals surface area contributed by atoms with Gasteiger partial charge in [-0.2, -0.15) is 0 Å². The van der Waals surface area contributed by atoms with Crippen LogP contribution in [0.15, 0.2) is 18.2 Å². The third kappa shape index (κ3) is 2.42. The monoisotopic (exact) mass is 254 g/mol. The quantitative estimate of drug-likeness (QED) is 0.797. The van der Waals surface area contributed by atoms with Crippen LogP contribution in [0.1, 0.15) is 24.2 Å². The molecule has 98 valence electrons. The van der Waals surface area contributed by atoms with Gasteiger partial charge in [-0.3, -0.25) is 4.79 Å². The molecule has 0 heterocycles. The maximum absolute atomic E-state index is 13.6. The number of carboxylic acids is 1. The number of amides is 1. The fraction of sp³-hybridized carbons (Fsp3) is 0.333. The van der Waals surface area contributed by atoms with E-state index in [4.69, 9.17) is 10.8 Å². The number of benzene rings is 1. The van der Waals surface area contributed by atoms with Crippen LogP contribution in [0.2, 0.25) is 0 Å². The zero-order valence-electron chi connectivity index (χ0n) is 10.4. The minimum absolute atomic E-state index is 0.198. The summed E-state index contributed by atoms with van der Waals surface area (Å²) in [5.74, 6) is -2.65. The van der Waals surface area contributed by atoms with Gasteiger partial charge in [0, 0.05) is 12.7 Å². The van der Waals surface area contributed by atoms with Gasteiger partial charge in [-0.25, -0.2) is 9.18 Å². The Hall–Kier alpha value is -2.11. The van der Waals surface area contributed by atoms with Crippen molar-refractivity contribution in [1.82, 2.24) is 4.90 Å². The van der Waals surface area contributed by atoms with Gasteiger partial charge < -0.3 is 15.7 Å². The third-order valence-electron chi connectivity index (χ3n) is 2.89. The summed E-state index contributed by atoms with van der Waals surface area (Å²) in [4.78, 5) is 24.0. The van der Waals surface area contributed by atoms with E-state index in [0.717, 1.165) is 11.0 Å². The molecule has 0 radical (unpaired) electrons. The molecule has 1 rings (SSSR count). The number of carboxylic acid groups (broad SMARTS) is 1. The van der Waals surface area contributed by atoms with E-state index in [1.807, 2.05) is 0 Å². The Balaban J connectivity index is 3.11. The van der Waals surface area contributed by atoms with E-state index in [0.29, 0.717) is 0 Å². The molecule has 0 unspecified atom stereocenters. The molecule has 0 atom stereocenters. The van der Waals surface area contributed by atoms with Crippen LogP contribution in [0.25, 0.3) is 0 Å². The summed E-state index contributed by atoms with van der Waals surface area (Å²) in [5.41, 5.74) is 3.94. The van der Waals surface area contributed by atoms with Crippen LogP contribution in [-0.2, 0) is 4.79 Å². The predicted molar refractivity (Wildman–Crippen MR) is 64.6 cm³/mol. The van der Waals surface area contributed by atoms with Gasteiger partial charge in [-0.15, -0.1) is 0 Å². The largest absolute Gasteiger partial charge is 0.480 e. The van der Waals surface area contributed by atoms with Gasteiger partial charge in [-0.1, -0.05) is 0 Å². The maximum atomic E-state index is 13.6. The lowest BCUT2D eigenvalue weighted by atomic mass is 10.0. The normalized spacial score (nSPS) is 11.1. The van der Waals surface area contributed by atoms with Crippen LogP contribution in [-0.4, -0.2) is 34.5 Å². The van der Waals surface area contributed by atoms with Crippen molar-refractivity contribution in [2.75, 3.05) is 12.8 Å². The summed E-state index contributed by atoms with van der Waals surface area (Å²) in [6.07, 6.45) is 0. The van der Waals surface area contributed by atoms with E-state index in [-0.39, 0.29) is 11.3 Å². The lowest BCUT2D eigenvalue weighted by Crippen LogP contribution is -2.50. The molecule has 1 aromatic rings. The van der Waals surface area contributed by atoms with Crippen molar-refractivity contribution in [2.45, 2.75) is 19.4 Å². The van der Waals surface area contributed by atoms with Crippen LogP contribution >= 0.6 is 0 Å². The first-order valence-corrected chi connectivity index (χ1v) is 5.24. The van der Waals surface area contributed by atoms with Gasteiger partial charge in [0.2, 0.25) is 0 Å². The van der Waals surface area contributed by atoms with E-state index in [1.165, 1.54) is 33.0 Å². The molecule has 3 N–H and O–H groups in total. The highest BCUT2D eigenvalue weighted by Crippen LogP contribution is 2.19. The SMILES string of the molecule is CN(C(=O)c1ccc(N)cc1F)C(C)(C)C(=O)O. The zero-order valence-corrected chi connectivity index (χ0v) is 10.4. The number of hydrogen-bond acceptors (Lipinski definition) is 3. The first kappa shape index (κ1) is 14.0. The van der Waals surface area contributed by atoms with E-state index < -0.39 is 23.2 Å². The summed E-state index contributed by atoms with van der Waals surface area (Å²) in [6.45, 7) is 2.73. The zero-order chi connectivity index (χ0) is 14.1. The maximum Gasteiger partial charge on any atom is 0.329 e. The second-order valence-corrected chi connectivity index (χ2v) is 4.47. The van der Waals surface area contributed by atoms with Crippen LogP contribution in [0.5, 0.6) is 0 Å². The summed E-state index contributed by atoms with van der Waals surface area (Å²) in [7, 11) is 1.31. The number of nitrogen functional groups attached to an aromatic ring is 1. The smallest absolute Gasteiger partial charge is 0.329 e. The number of carbonyl (C=O) groups is 2. The van der Waals surface area contributed by atoms with Crippen LogP contribution in [0.4, 0.5) is 10.1 Å². The molecule has 0 fully saturated rings. The molecule has 1 aromatic carbocycles. The van der Waals surface area contributed by atoms with Crippen molar-refractivity contribution in [3.63, 3.8) is 0 Å². The number of likely N-dealkylation sites (N-methyl/N-ethyl adjacent to an activating group) is 1. The van der Waals surface area contributed by atoms with Crippen molar-refractivity contribution >= 4 is 17.6 Å². The topological polar surface area (TPSA) is 83.6 Å². The van der Waals surface area contributed by atoms with Crippen LogP contribution in [0.3, 0.4) is 0 Å². The first-order chi connectivity index (χ1) is 8.17. The van der Waals surface area contributed by atoms with E-state index in [1.54, 1.807) is 0 Å². The molecule has 6 heteroatoms. The molecular formula is C12H15FN2O3. The average Bonchev–Trinajstić information content (AvgIpc) is 2.26. The van der Waals surface area contributed by atoms with E-state index >= 15 is 0 Å². The molecule has 18 heavy (non-hydrogen) atoms. The number of carbonyl (C=O) groups excluding carboxylic acids is 1. The average molecular weight is 254 g/mol. The Kier molecular flexibility index (Phi) is 3.59. The van der Waals surface area contributed by atoms with Crippen molar-refractivity contribution in [2.24, 2.45) is 0 Å². The van der Waals surface area contributed by atoms with Gasteiger partial charge in [0.25, 0.3) is 5.91 Å². The highest BCUT2D eigenvalue weighted by atomic mass is 19.1. The van der Waals surface area contributed by atoms with Gasteiger partial charge in [-0.05, 0) is 32.0 Å². The molecule has 0 saturated carbocycles. The molecule has 0 aliphatic heterocycles. The van der Waals surface area contributed by atoms with Gasteiger partial charge in [0.05, 0.1) is 5.56 Å². The van der Waals surface area contributed by atoms with Crippen LogP contribution < -0.4 is 5.73 Å². The second-order valence-electron chi connectivity index (χ2n) is 4.47. The number of halogens is 1. The Bertz CT molecular complexity index is 500. The van der Waals surface area contributed by atoms with Crippen molar-refractivity contribution in [3.8, 4) is 0 Å². The molecule has 0 aliphatic carbocycles. The number of nitrogens with two attached hydrogens (primary N) is 1. The van der Waals surface area contributed by atoms with Crippen molar-refractivity contribution < 1.29 is 19.1 Å². The second kappa shape index (κ2) is 4.64. The molecule has 0 spiro atoms. The number of rotatable bonds is 3. The number of hydrogen-bond donors (Lipinski definition) is 2. The fourth-order valence-electron chi connectivity index (χ4n) is 1.28. The molecule has 0 aliphatic rings. The van der Waals surface area contributed by atoms with Crippen molar-refractivity contribution in [1.29, 1.82) is 0 Å². The summed E-state index contributed by atoms with van der Waals surface area (Å²) >= 11 is 0. The van der Waals surface area contributed by atoms with Crippen molar-refractivity contribution in [3.05, 3.63) is 29.6 Å². The molecule has 0 aromatic heterocycles. The lowest BCUT2D eigenvalue weighted by molar-refractivity contribution is -0.147. The first-order valence-electron chi connectivity index (χ1n) is 5.24. The number of aliphatic carboxylic acids is 1. The highest BCUT2D eigenvalue weighted by Gasteiger charge is 2.36. The molecule has 5 nitrogen and oxygen atoms in total. The summed E-state index contributed by atoms with van der Waals surface area (Å²) < 4.78 is 13.6. The summed E-state index contributed by atoms with van der Waals surface area (Å²) in [5, 5.41) is 9.01. The Labute approximate surface area is 104 Å². The van der Waals surface area contributed by atoms with E-state index in [2.05, 4.69) is 0 Å². The van der Waals surface area contributed by atoms with Gasteiger partial charge in [0.15, 0.2) is 0 Å². The number of nitrogens with zero attached hydrogens (tertiary/aromatic N) is 1. The molecule has 1 amide bonds. The van der Waals surface area contributed by atoms with Gasteiger partial charge in [0.1, 0.15) is 11.4 Å². The predicted octanol–water partition coefficient (Wildman–Crippen LogP) is 1.34. The summed E-state index contributed by atoms with van der Waals surface area (Å²) in [6, 6.07) is 3.65. The number of anilines is 1. The minimum Gasteiger partial charge on any atom is -0.480 e. The van der Waals surface area contributed by atoms with Gasteiger partial charge >= 0.3 is 5.97 Å². The van der Waals surface area contributed by atoms with E-state index in [9.17, 15) is 14.0 Å². The molecule has 0 bridgehead atoms. The third-order valence-corrected chi connectivity index (χ3v) is 2.89. The minimum atomic E-state index is -1.43. The standard InChI is InChI=1S/C12H15FN2O3/c1-12(2,11(17)18)15(3)10(16)8-5-4-7(14)6-9(8)13/h4-6H,14H2,1-3H3,(H,17,18). The lowest BCUT2D eigenvalue weighted by Gasteiger charge is -2.31. The Morgan fingerprint density at radius 3 is 2.39 bits per heavy atom. The van der Waals surface area contributed by atoms with Crippen LogP contribution in [0, 0.1) is 5.82 Å². The highest BCUT2D eigenvalue weighted by molar-refractivity contribution is 5.97. The molecule has 0 saturated heterocycles. The Morgan fingerprint density at radius 1 is 1.39 bits per heavy atom.